The lowest BCUT2D eigenvalue weighted by molar-refractivity contribution is -0.137. The van der Waals surface area contributed by atoms with Crippen LogP contribution < -0.4 is 0 Å². The van der Waals surface area contributed by atoms with Crippen molar-refractivity contribution in [3.63, 3.8) is 0 Å². The third kappa shape index (κ3) is 2.36. The molecule has 2 rings (SSSR count). The standard InChI is InChI=1S/C11H10BrF3/c12-6-8-5-10(8)7-2-1-3-9(4-7)11(13,14)15/h1-4,8,10H,5-6H2. The first kappa shape index (κ1) is 11.0. The van der Waals surface area contributed by atoms with Gasteiger partial charge in [-0.2, -0.15) is 13.2 Å². The molecule has 0 saturated heterocycles. The molecule has 1 aliphatic carbocycles. The largest absolute Gasteiger partial charge is 0.416 e. The van der Waals surface area contributed by atoms with Crippen molar-refractivity contribution in [1.82, 2.24) is 0 Å². The van der Waals surface area contributed by atoms with E-state index in [0.717, 1.165) is 23.4 Å². The Kier molecular flexibility index (Phi) is 2.79. The summed E-state index contributed by atoms with van der Waals surface area (Å²) in [6.07, 6.45) is -3.23. The van der Waals surface area contributed by atoms with Gasteiger partial charge in [0.15, 0.2) is 0 Å². The molecule has 1 aromatic carbocycles. The van der Waals surface area contributed by atoms with Gasteiger partial charge >= 0.3 is 6.18 Å². The van der Waals surface area contributed by atoms with Crippen LogP contribution in [0.15, 0.2) is 24.3 Å². The SMILES string of the molecule is FC(F)(F)c1cccc(C2CC2CBr)c1. The van der Waals surface area contributed by atoms with Crippen LogP contribution in [0.1, 0.15) is 23.5 Å². The lowest BCUT2D eigenvalue weighted by Crippen LogP contribution is -2.05. The molecule has 0 spiro atoms. The number of hydrogen-bond donors (Lipinski definition) is 0. The molecule has 0 aromatic heterocycles. The molecule has 1 fully saturated rings. The van der Waals surface area contributed by atoms with E-state index in [0.29, 0.717) is 11.8 Å². The van der Waals surface area contributed by atoms with E-state index in [-0.39, 0.29) is 0 Å². The average Bonchev–Trinajstić information content (AvgIpc) is 2.95. The van der Waals surface area contributed by atoms with E-state index in [9.17, 15) is 13.2 Å². The fraction of sp³-hybridized carbons (Fsp3) is 0.455. The Morgan fingerprint density at radius 2 is 2.07 bits per heavy atom. The van der Waals surface area contributed by atoms with E-state index in [4.69, 9.17) is 0 Å². The molecular weight excluding hydrogens is 269 g/mol. The lowest BCUT2D eigenvalue weighted by Gasteiger charge is -2.08. The Bertz CT molecular complexity index is 359. The van der Waals surface area contributed by atoms with Crippen LogP contribution in [0.3, 0.4) is 0 Å². The summed E-state index contributed by atoms with van der Waals surface area (Å²) >= 11 is 3.35. The van der Waals surface area contributed by atoms with Gasteiger partial charge in [-0.05, 0) is 29.9 Å². The molecule has 0 aliphatic heterocycles. The van der Waals surface area contributed by atoms with Crippen molar-refractivity contribution in [2.24, 2.45) is 5.92 Å². The first-order chi connectivity index (χ1) is 7.02. The van der Waals surface area contributed by atoms with E-state index >= 15 is 0 Å². The number of rotatable bonds is 2. The molecule has 2 atom stereocenters. The minimum atomic E-state index is -4.23. The van der Waals surface area contributed by atoms with E-state index in [1.165, 1.54) is 12.1 Å². The van der Waals surface area contributed by atoms with E-state index in [1.807, 2.05) is 0 Å². The third-order valence-corrected chi connectivity index (χ3v) is 3.59. The van der Waals surface area contributed by atoms with Crippen molar-refractivity contribution in [2.45, 2.75) is 18.5 Å². The summed E-state index contributed by atoms with van der Waals surface area (Å²) in [5, 5.41) is 0.869. The predicted octanol–water partition coefficient (Wildman–Crippen LogP) is 4.20. The Morgan fingerprint density at radius 1 is 1.33 bits per heavy atom. The Hall–Kier alpha value is -0.510. The van der Waals surface area contributed by atoms with E-state index in [2.05, 4.69) is 15.9 Å². The molecule has 0 amide bonds. The summed E-state index contributed by atoms with van der Waals surface area (Å²) in [4.78, 5) is 0. The molecule has 1 aromatic rings. The summed E-state index contributed by atoms with van der Waals surface area (Å²) in [6.45, 7) is 0. The highest BCUT2D eigenvalue weighted by Gasteiger charge is 2.38. The van der Waals surface area contributed by atoms with E-state index < -0.39 is 11.7 Å². The lowest BCUT2D eigenvalue weighted by atomic mass is 10.1. The van der Waals surface area contributed by atoms with Crippen LogP contribution in [0.25, 0.3) is 0 Å². The monoisotopic (exact) mass is 278 g/mol. The van der Waals surface area contributed by atoms with Gasteiger partial charge in [-0.25, -0.2) is 0 Å². The zero-order valence-electron chi connectivity index (χ0n) is 7.89. The molecule has 0 radical (unpaired) electrons. The maximum Gasteiger partial charge on any atom is 0.416 e. The molecule has 0 nitrogen and oxygen atoms in total. The zero-order chi connectivity index (χ0) is 11.1. The normalized spacial score (nSPS) is 25.3. The van der Waals surface area contributed by atoms with Gasteiger partial charge in [0.2, 0.25) is 0 Å². The molecule has 1 aliphatic rings. The van der Waals surface area contributed by atoms with Crippen LogP contribution >= 0.6 is 15.9 Å². The van der Waals surface area contributed by atoms with Crippen LogP contribution in [0.4, 0.5) is 13.2 Å². The van der Waals surface area contributed by atoms with Crippen molar-refractivity contribution >= 4 is 15.9 Å². The highest BCUT2D eigenvalue weighted by Crippen LogP contribution is 2.49. The smallest absolute Gasteiger partial charge is 0.166 e. The minimum Gasteiger partial charge on any atom is -0.166 e. The summed E-state index contributed by atoms with van der Waals surface area (Å²) in [7, 11) is 0. The van der Waals surface area contributed by atoms with E-state index in [1.54, 1.807) is 6.07 Å². The van der Waals surface area contributed by atoms with Crippen LogP contribution in [0.2, 0.25) is 0 Å². The van der Waals surface area contributed by atoms with Gasteiger partial charge in [-0.1, -0.05) is 34.1 Å². The van der Waals surface area contributed by atoms with Crippen molar-refractivity contribution in [2.75, 3.05) is 5.33 Å². The predicted molar refractivity (Wildman–Crippen MR) is 56.1 cm³/mol. The van der Waals surface area contributed by atoms with Crippen LogP contribution in [0.5, 0.6) is 0 Å². The molecule has 4 heteroatoms. The molecule has 0 heterocycles. The number of alkyl halides is 4. The number of halogens is 4. The molecule has 82 valence electrons. The molecule has 15 heavy (non-hydrogen) atoms. The van der Waals surface area contributed by atoms with Crippen molar-refractivity contribution in [3.8, 4) is 0 Å². The van der Waals surface area contributed by atoms with Crippen LogP contribution in [0, 0.1) is 5.92 Å². The maximum atomic E-state index is 12.4. The summed E-state index contributed by atoms with van der Waals surface area (Å²) in [6, 6.07) is 5.66. The van der Waals surface area contributed by atoms with Gasteiger partial charge in [0.1, 0.15) is 0 Å². The molecule has 0 N–H and O–H groups in total. The van der Waals surface area contributed by atoms with Gasteiger partial charge in [-0.15, -0.1) is 0 Å². The quantitative estimate of drug-likeness (QED) is 0.711. The maximum absolute atomic E-state index is 12.4. The first-order valence-electron chi connectivity index (χ1n) is 4.75. The second-order valence-electron chi connectivity index (χ2n) is 3.88. The van der Waals surface area contributed by atoms with Gasteiger partial charge in [0.05, 0.1) is 5.56 Å². The highest BCUT2D eigenvalue weighted by molar-refractivity contribution is 9.09. The van der Waals surface area contributed by atoms with Gasteiger partial charge in [-0.3, -0.25) is 0 Å². The molecule has 0 bridgehead atoms. The van der Waals surface area contributed by atoms with Crippen molar-refractivity contribution in [3.05, 3.63) is 35.4 Å². The average molecular weight is 279 g/mol. The zero-order valence-corrected chi connectivity index (χ0v) is 9.48. The number of hydrogen-bond acceptors (Lipinski definition) is 0. The van der Waals surface area contributed by atoms with Gasteiger partial charge in [0.25, 0.3) is 0 Å². The Morgan fingerprint density at radius 3 is 2.60 bits per heavy atom. The Balaban J connectivity index is 2.21. The van der Waals surface area contributed by atoms with Crippen molar-refractivity contribution < 1.29 is 13.2 Å². The Labute approximate surface area is 94.6 Å². The topological polar surface area (TPSA) is 0 Å². The summed E-state index contributed by atoms with van der Waals surface area (Å²) in [5.41, 5.74) is 0.273. The fourth-order valence-corrected chi connectivity index (χ4v) is 2.49. The molecule has 1 saturated carbocycles. The van der Waals surface area contributed by atoms with Gasteiger partial charge < -0.3 is 0 Å². The number of benzene rings is 1. The highest BCUT2D eigenvalue weighted by atomic mass is 79.9. The first-order valence-corrected chi connectivity index (χ1v) is 5.87. The summed E-state index contributed by atoms with van der Waals surface area (Å²) < 4.78 is 37.3. The molecular formula is C11H10BrF3. The minimum absolute atomic E-state index is 0.312. The third-order valence-electron chi connectivity index (χ3n) is 2.76. The molecule has 2 unspecified atom stereocenters. The second kappa shape index (κ2) is 3.81. The van der Waals surface area contributed by atoms with Crippen LogP contribution in [-0.2, 0) is 6.18 Å². The summed E-state index contributed by atoms with van der Waals surface area (Å²) in [5.74, 6) is 0.820. The van der Waals surface area contributed by atoms with Crippen LogP contribution in [-0.4, -0.2) is 5.33 Å². The van der Waals surface area contributed by atoms with Crippen molar-refractivity contribution in [1.29, 1.82) is 0 Å². The fourth-order valence-electron chi connectivity index (χ4n) is 1.77. The second-order valence-corrected chi connectivity index (χ2v) is 4.53. The van der Waals surface area contributed by atoms with Gasteiger partial charge in [0, 0.05) is 5.33 Å².